The molecule has 1 aliphatic rings. The van der Waals surface area contributed by atoms with Gasteiger partial charge in [-0.15, -0.1) is 11.3 Å². The molecule has 1 saturated heterocycles. The van der Waals surface area contributed by atoms with Crippen molar-refractivity contribution >= 4 is 28.8 Å². The molecule has 1 aromatic carbocycles. The highest BCUT2D eigenvalue weighted by Crippen LogP contribution is 2.29. The van der Waals surface area contributed by atoms with Gasteiger partial charge in [-0.1, -0.05) is 17.7 Å². The normalized spacial score (nSPS) is 15.1. The van der Waals surface area contributed by atoms with Gasteiger partial charge in [0.2, 0.25) is 0 Å². The number of hydrogen-bond donors (Lipinski definition) is 0. The second-order valence-corrected chi connectivity index (χ2v) is 7.07. The highest BCUT2D eigenvalue weighted by atomic mass is 35.5. The summed E-state index contributed by atoms with van der Waals surface area (Å²) in [5.41, 5.74) is 1.53. The zero-order valence-corrected chi connectivity index (χ0v) is 14.9. The third-order valence-electron chi connectivity index (χ3n) is 4.09. The monoisotopic (exact) mass is 360 g/mol. The SMILES string of the molecule is Cc1csc(C(=O)N2CCC(Oc3cccc(C#N)c3)CC2)c1Cl. The Morgan fingerprint density at radius 3 is 2.79 bits per heavy atom. The van der Waals surface area contributed by atoms with Crippen LogP contribution in [0.2, 0.25) is 5.02 Å². The molecule has 4 nitrogen and oxygen atoms in total. The summed E-state index contributed by atoms with van der Waals surface area (Å²) in [6.07, 6.45) is 1.60. The van der Waals surface area contributed by atoms with Gasteiger partial charge < -0.3 is 9.64 Å². The first-order valence-electron chi connectivity index (χ1n) is 7.78. The van der Waals surface area contributed by atoms with E-state index >= 15 is 0 Å². The lowest BCUT2D eigenvalue weighted by Gasteiger charge is -2.32. The molecule has 0 aliphatic carbocycles. The van der Waals surface area contributed by atoms with E-state index in [1.165, 1.54) is 11.3 Å². The van der Waals surface area contributed by atoms with Crippen molar-refractivity contribution < 1.29 is 9.53 Å². The molecule has 0 radical (unpaired) electrons. The van der Waals surface area contributed by atoms with Gasteiger partial charge >= 0.3 is 0 Å². The minimum Gasteiger partial charge on any atom is -0.490 e. The van der Waals surface area contributed by atoms with Crippen LogP contribution in [0.25, 0.3) is 0 Å². The summed E-state index contributed by atoms with van der Waals surface area (Å²) in [5.74, 6) is 0.707. The highest BCUT2D eigenvalue weighted by Gasteiger charge is 2.27. The standard InChI is InChI=1S/C18H17ClN2O2S/c1-12-11-24-17(16(12)19)18(22)21-7-5-14(6-8-21)23-15-4-2-3-13(9-15)10-20/h2-4,9,11,14H,5-8H2,1H3. The average Bonchev–Trinajstić information content (AvgIpc) is 2.94. The van der Waals surface area contributed by atoms with E-state index in [0.717, 1.165) is 18.4 Å². The van der Waals surface area contributed by atoms with Crippen molar-refractivity contribution in [2.45, 2.75) is 25.9 Å². The lowest BCUT2D eigenvalue weighted by molar-refractivity contribution is 0.0600. The maximum absolute atomic E-state index is 12.6. The van der Waals surface area contributed by atoms with Crippen molar-refractivity contribution in [2.24, 2.45) is 0 Å². The first kappa shape index (κ1) is 16.8. The first-order chi connectivity index (χ1) is 11.6. The molecule has 124 valence electrons. The Kier molecular flexibility index (Phi) is 5.08. The van der Waals surface area contributed by atoms with E-state index in [1.807, 2.05) is 29.3 Å². The summed E-state index contributed by atoms with van der Waals surface area (Å²) in [6.45, 7) is 3.20. The highest BCUT2D eigenvalue weighted by molar-refractivity contribution is 7.13. The fourth-order valence-electron chi connectivity index (χ4n) is 2.73. The minimum atomic E-state index is 0.00280. The number of likely N-dealkylation sites (tertiary alicyclic amines) is 1. The molecule has 1 amide bonds. The zero-order valence-electron chi connectivity index (χ0n) is 13.3. The summed E-state index contributed by atoms with van der Waals surface area (Å²) in [4.78, 5) is 15.0. The molecule has 2 heterocycles. The van der Waals surface area contributed by atoms with Gasteiger partial charge in [-0.25, -0.2) is 0 Å². The van der Waals surface area contributed by atoms with Crippen molar-refractivity contribution in [3.8, 4) is 11.8 Å². The van der Waals surface area contributed by atoms with Gasteiger partial charge in [0, 0.05) is 25.9 Å². The van der Waals surface area contributed by atoms with E-state index in [-0.39, 0.29) is 12.0 Å². The number of carbonyl (C=O) groups excluding carboxylic acids is 1. The van der Waals surface area contributed by atoms with Crippen LogP contribution in [0.4, 0.5) is 0 Å². The molecule has 3 rings (SSSR count). The van der Waals surface area contributed by atoms with E-state index in [2.05, 4.69) is 6.07 Å². The van der Waals surface area contributed by atoms with Crippen LogP contribution in [-0.2, 0) is 0 Å². The Hall–Kier alpha value is -2.03. The fraction of sp³-hybridized carbons (Fsp3) is 0.333. The van der Waals surface area contributed by atoms with Gasteiger partial charge in [0.05, 0.1) is 16.7 Å². The quantitative estimate of drug-likeness (QED) is 0.821. The number of rotatable bonds is 3. The zero-order chi connectivity index (χ0) is 17.1. The number of thiophene rings is 1. The number of carbonyl (C=O) groups is 1. The maximum Gasteiger partial charge on any atom is 0.265 e. The number of nitrogens with zero attached hydrogens (tertiary/aromatic N) is 2. The molecule has 0 spiro atoms. The van der Waals surface area contributed by atoms with Crippen LogP contribution in [0, 0.1) is 18.3 Å². The number of nitriles is 1. The lowest BCUT2D eigenvalue weighted by Crippen LogP contribution is -2.41. The van der Waals surface area contributed by atoms with Crippen LogP contribution >= 0.6 is 22.9 Å². The van der Waals surface area contributed by atoms with E-state index in [9.17, 15) is 4.79 Å². The van der Waals surface area contributed by atoms with Crippen molar-refractivity contribution in [1.82, 2.24) is 4.90 Å². The summed E-state index contributed by atoms with van der Waals surface area (Å²) in [7, 11) is 0. The molecule has 1 fully saturated rings. The molecular formula is C18H17ClN2O2S. The van der Waals surface area contributed by atoms with Crippen LogP contribution in [-0.4, -0.2) is 30.0 Å². The fourth-order valence-corrected chi connectivity index (χ4v) is 3.97. The number of halogens is 1. The van der Waals surface area contributed by atoms with Gasteiger partial charge in [-0.05, 0) is 36.1 Å². The van der Waals surface area contributed by atoms with E-state index in [4.69, 9.17) is 21.6 Å². The number of piperidine rings is 1. The number of aryl methyl sites for hydroxylation is 1. The van der Waals surface area contributed by atoms with Gasteiger partial charge in [0.1, 0.15) is 16.7 Å². The molecule has 24 heavy (non-hydrogen) atoms. The molecular weight excluding hydrogens is 344 g/mol. The minimum absolute atomic E-state index is 0.00280. The van der Waals surface area contributed by atoms with Crippen LogP contribution < -0.4 is 4.74 Å². The Morgan fingerprint density at radius 1 is 1.42 bits per heavy atom. The van der Waals surface area contributed by atoms with Crippen molar-refractivity contribution in [2.75, 3.05) is 13.1 Å². The topological polar surface area (TPSA) is 53.3 Å². The second-order valence-electron chi connectivity index (χ2n) is 5.81. The summed E-state index contributed by atoms with van der Waals surface area (Å²) < 4.78 is 5.95. The Bertz CT molecular complexity index is 789. The van der Waals surface area contributed by atoms with Gasteiger partial charge in [0.25, 0.3) is 5.91 Å². The molecule has 0 saturated carbocycles. The molecule has 6 heteroatoms. The molecule has 0 N–H and O–H groups in total. The summed E-state index contributed by atoms with van der Waals surface area (Å²) in [6, 6.07) is 9.27. The van der Waals surface area contributed by atoms with E-state index in [1.54, 1.807) is 12.1 Å². The molecule has 0 unspecified atom stereocenters. The smallest absolute Gasteiger partial charge is 0.265 e. The van der Waals surface area contributed by atoms with Crippen LogP contribution in [0.5, 0.6) is 5.75 Å². The molecule has 1 aliphatic heterocycles. The molecule has 0 atom stereocenters. The van der Waals surface area contributed by atoms with Crippen molar-refractivity contribution in [3.05, 3.63) is 50.7 Å². The lowest BCUT2D eigenvalue weighted by atomic mass is 10.1. The van der Waals surface area contributed by atoms with Crippen LogP contribution in [0.15, 0.2) is 29.6 Å². The molecule has 1 aromatic heterocycles. The predicted octanol–water partition coefficient (Wildman–Crippen LogP) is 4.27. The third-order valence-corrected chi connectivity index (χ3v) is 5.77. The molecule has 2 aromatic rings. The number of benzene rings is 1. The first-order valence-corrected chi connectivity index (χ1v) is 9.04. The van der Waals surface area contributed by atoms with Gasteiger partial charge in [-0.2, -0.15) is 5.26 Å². The largest absolute Gasteiger partial charge is 0.490 e. The average molecular weight is 361 g/mol. The number of ether oxygens (including phenoxy) is 1. The Morgan fingerprint density at radius 2 is 2.17 bits per heavy atom. The van der Waals surface area contributed by atoms with E-state index < -0.39 is 0 Å². The maximum atomic E-state index is 12.6. The number of amides is 1. The predicted molar refractivity (Wildman–Crippen MR) is 94.8 cm³/mol. The summed E-state index contributed by atoms with van der Waals surface area (Å²) in [5, 5.41) is 11.4. The third kappa shape index (κ3) is 3.55. The van der Waals surface area contributed by atoms with Crippen LogP contribution in [0.1, 0.15) is 33.6 Å². The second kappa shape index (κ2) is 7.25. The van der Waals surface area contributed by atoms with Crippen molar-refractivity contribution in [1.29, 1.82) is 5.26 Å². The van der Waals surface area contributed by atoms with Gasteiger partial charge in [0.15, 0.2) is 0 Å². The van der Waals surface area contributed by atoms with Crippen molar-refractivity contribution in [3.63, 3.8) is 0 Å². The summed E-state index contributed by atoms with van der Waals surface area (Å²) >= 11 is 7.60. The van der Waals surface area contributed by atoms with Crippen LogP contribution in [0.3, 0.4) is 0 Å². The Labute approximate surface area is 150 Å². The van der Waals surface area contributed by atoms with E-state index in [0.29, 0.717) is 34.3 Å². The van der Waals surface area contributed by atoms with Gasteiger partial charge in [-0.3, -0.25) is 4.79 Å². The Balaban J connectivity index is 1.58. The number of hydrogen-bond acceptors (Lipinski definition) is 4. The molecule has 0 bridgehead atoms.